The Bertz CT molecular complexity index is 1580. The van der Waals surface area contributed by atoms with E-state index in [9.17, 15) is 9.59 Å². The molecule has 1 unspecified atom stereocenters. The van der Waals surface area contributed by atoms with Gasteiger partial charge in [-0.05, 0) is 49.6 Å². The maximum absolute atomic E-state index is 14.7. The number of anilines is 1. The lowest BCUT2D eigenvalue weighted by atomic mass is 9.54. The Balaban J connectivity index is 1.72. The second-order valence-electron chi connectivity index (χ2n) is 11.1. The summed E-state index contributed by atoms with van der Waals surface area (Å²) in [6.45, 7) is 7.69. The van der Waals surface area contributed by atoms with Crippen molar-refractivity contribution in [3.63, 3.8) is 0 Å². The first-order valence-corrected chi connectivity index (χ1v) is 14.0. The van der Waals surface area contributed by atoms with Crippen molar-refractivity contribution in [1.82, 2.24) is 0 Å². The van der Waals surface area contributed by atoms with Gasteiger partial charge in [0, 0.05) is 36.1 Å². The molecule has 208 valence electrons. The first kappa shape index (κ1) is 26.6. The molecule has 6 nitrogen and oxygen atoms in total. The molecule has 0 aromatic heterocycles. The molecule has 2 atom stereocenters. The van der Waals surface area contributed by atoms with Crippen LogP contribution >= 0.6 is 0 Å². The van der Waals surface area contributed by atoms with Gasteiger partial charge in [-0.1, -0.05) is 78.9 Å². The van der Waals surface area contributed by atoms with Crippen molar-refractivity contribution in [2.24, 2.45) is 5.92 Å². The van der Waals surface area contributed by atoms with Gasteiger partial charge in [-0.3, -0.25) is 9.59 Å². The number of para-hydroxylation sites is 1. The lowest BCUT2D eigenvalue weighted by Gasteiger charge is -2.53. The average Bonchev–Trinajstić information content (AvgIpc) is 3.24. The number of carbonyl (C=O) groups is 2. The van der Waals surface area contributed by atoms with Gasteiger partial charge in [0.25, 0.3) is 0 Å². The highest BCUT2D eigenvalue weighted by Crippen LogP contribution is 2.63. The van der Waals surface area contributed by atoms with E-state index in [-0.39, 0.29) is 17.6 Å². The van der Waals surface area contributed by atoms with E-state index in [1.165, 1.54) is 6.92 Å². The first-order chi connectivity index (χ1) is 19.8. The Morgan fingerprint density at radius 1 is 0.878 bits per heavy atom. The van der Waals surface area contributed by atoms with Gasteiger partial charge in [0.1, 0.15) is 16.8 Å². The minimum Gasteiger partial charge on any atom is -0.490 e. The molecule has 1 spiro atoms. The van der Waals surface area contributed by atoms with E-state index in [0.717, 1.165) is 22.4 Å². The number of ether oxygens (including phenoxy) is 3. The quantitative estimate of drug-likeness (QED) is 0.211. The molecule has 0 saturated heterocycles. The van der Waals surface area contributed by atoms with Crippen LogP contribution in [-0.2, 0) is 15.0 Å². The fourth-order valence-corrected chi connectivity index (χ4v) is 6.88. The highest BCUT2D eigenvalue weighted by molar-refractivity contribution is 6.10. The summed E-state index contributed by atoms with van der Waals surface area (Å²) in [4.78, 5) is 26.8. The average molecular weight is 548 g/mol. The van der Waals surface area contributed by atoms with E-state index in [1.54, 1.807) is 12.1 Å². The smallest absolute Gasteiger partial charge is 0.308 e. The van der Waals surface area contributed by atoms with Crippen LogP contribution in [-0.4, -0.2) is 24.1 Å². The minimum absolute atomic E-state index is 0.142. The summed E-state index contributed by atoms with van der Waals surface area (Å²) in [5, 5.41) is 3.19. The van der Waals surface area contributed by atoms with E-state index in [2.05, 4.69) is 43.4 Å². The molecular weight excluding hydrogens is 514 g/mol. The van der Waals surface area contributed by atoms with Crippen molar-refractivity contribution in [2.75, 3.05) is 11.9 Å². The van der Waals surface area contributed by atoms with Crippen molar-refractivity contribution in [2.45, 2.75) is 44.6 Å². The van der Waals surface area contributed by atoms with Crippen LogP contribution in [0.15, 0.2) is 97.1 Å². The zero-order valence-corrected chi connectivity index (χ0v) is 23.6. The normalized spacial score (nSPS) is 20.1. The van der Waals surface area contributed by atoms with Crippen LogP contribution in [0.4, 0.5) is 5.69 Å². The maximum Gasteiger partial charge on any atom is 0.308 e. The van der Waals surface area contributed by atoms with E-state index >= 15 is 0 Å². The summed E-state index contributed by atoms with van der Waals surface area (Å²) in [5.74, 6) is -0.0714. The van der Waals surface area contributed by atoms with Crippen molar-refractivity contribution in [3.8, 4) is 17.2 Å². The monoisotopic (exact) mass is 547 g/mol. The fraction of sp³-hybridized carbons (Fsp3) is 0.257. The van der Waals surface area contributed by atoms with Crippen molar-refractivity contribution < 1.29 is 23.8 Å². The second-order valence-corrected chi connectivity index (χ2v) is 11.1. The predicted octanol–water partition coefficient (Wildman–Crippen LogP) is 6.87. The lowest BCUT2D eigenvalue weighted by molar-refractivity contribution is -0.132. The van der Waals surface area contributed by atoms with Crippen LogP contribution in [0.3, 0.4) is 0 Å². The highest BCUT2D eigenvalue weighted by Gasteiger charge is 2.65. The largest absolute Gasteiger partial charge is 0.490 e. The third-order valence-corrected chi connectivity index (χ3v) is 8.22. The molecule has 4 aromatic carbocycles. The molecule has 2 heterocycles. The van der Waals surface area contributed by atoms with Crippen LogP contribution in [0.25, 0.3) is 0 Å². The highest BCUT2D eigenvalue weighted by atomic mass is 16.6. The van der Waals surface area contributed by atoms with Crippen LogP contribution < -0.4 is 19.5 Å². The Kier molecular flexibility index (Phi) is 6.57. The zero-order valence-electron chi connectivity index (χ0n) is 23.6. The molecule has 1 N–H and O–H groups in total. The fourth-order valence-electron chi connectivity index (χ4n) is 6.88. The molecule has 1 amide bonds. The van der Waals surface area contributed by atoms with Crippen LogP contribution in [0.2, 0.25) is 0 Å². The summed E-state index contributed by atoms with van der Waals surface area (Å²) in [6, 6.07) is 31.9. The molecule has 2 aliphatic rings. The van der Waals surface area contributed by atoms with Gasteiger partial charge in [-0.25, -0.2) is 0 Å². The number of benzene rings is 4. The lowest BCUT2D eigenvalue weighted by Crippen LogP contribution is -2.59. The van der Waals surface area contributed by atoms with Crippen LogP contribution in [0.1, 0.15) is 55.9 Å². The number of carbonyl (C=O) groups excluding carboxylic acids is 2. The van der Waals surface area contributed by atoms with Crippen molar-refractivity contribution in [3.05, 3.63) is 119 Å². The predicted molar refractivity (Wildman–Crippen MR) is 158 cm³/mol. The number of amides is 1. The Labute approximate surface area is 240 Å². The Hall–Kier alpha value is -4.58. The van der Waals surface area contributed by atoms with Gasteiger partial charge < -0.3 is 19.5 Å². The van der Waals surface area contributed by atoms with E-state index in [4.69, 9.17) is 14.2 Å². The number of fused-ring (bicyclic) bond motifs is 4. The van der Waals surface area contributed by atoms with E-state index in [0.29, 0.717) is 23.7 Å². The van der Waals surface area contributed by atoms with Crippen LogP contribution in [0.5, 0.6) is 17.2 Å². The SMILES string of the molecule is CCOc1cc2c(cc1OC(C)=O)[C@@]1(C(=O)Nc3ccccc31)C(C(c1ccccc1)c1ccccc1)C(C)(C)O2. The van der Waals surface area contributed by atoms with Gasteiger partial charge in [-0.15, -0.1) is 0 Å². The second kappa shape index (κ2) is 10.1. The van der Waals surface area contributed by atoms with Gasteiger partial charge in [-0.2, -0.15) is 0 Å². The van der Waals surface area contributed by atoms with Crippen LogP contribution in [0, 0.1) is 5.92 Å². The third kappa shape index (κ3) is 4.26. The van der Waals surface area contributed by atoms with E-state index < -0.39 is 22.9 Å². The number of esters is 1. The molecule has 0 fully saturated rings. The summed E-state index contributed by atoms with van der Waals surface area (Å²) in [7, 11) is 0. The number of rotatable bonds is 6. The summed E-state index contributed by atoms with van der Waals surface area (Å²) in [6.07, 6.45) is 0. The summed E-state index contributed by atoms with van der Waals surface area (Å²) in [5.41, 5.74) is 2.41. The summed E-state index contributed by atoms with van der Waals surface area (Å²) >= 11 is 0. The number of nitrogens with one attached hydrogen (secondary N) is 1. The first-order valence-electron chi connectivity index (χ1n) is 14.0. The molecule has 0 aliphatic carbocycles. The van der Waals surface area contributed by atoms with Gasteiger partial charge in [0.05, 0.1) is 6.61 Å². The molecule has 0 radical (unpaired) electrons. The Morgan fingerprint density at radius 2 is 1.49 bits per heavy atom. The topological polar surface area (TPSA) is 73.9 Å². The molecule has 6 heteroatoms. The molecular formula is C35H33NO5. The minimum atomic E-state index is -1.18. The molecule has 0 bridgehead atoms. The Morgan fingerprint density at radius 3 is 2.10 bits per heavy atom. The maximum atomic E-state index is 14.7. The zero-order chi connectivity index (χ0) is 28.8. The standard InChI is InChI=1S/C35H33NO5/c1-5-39-29-21-28-26(20-30(29)40-22(2)37)35(25-18-12-13-19-27(25)36-33(35)38)32(34(3,4)41-28)31(23-14-8-6-9-15-23)24-16-10-7-11-17-24/h6-21,31-32H,5H2,1-4H3,(H,36,38)/t32?,35-/m1/s1. The van der Waals surface area contributed by atoms with Crippen molar-refractivity contribution in [1.29, 1.82) is 0 Å². The van der Waals surface area contributed by atoms with Gasteiger partial charge in [0.15, 0.2) is 11.5 Å². The van der Waals surface area contributed by atoms with Gasteiger partial charge in [0.2, 0.25) is 5.91 Å². The molecule has 4 aromatic rings. The molecule has 41 heavy (non-hydrogen) atoms. The third-order valence-electron chi connectivity index (χ3n) is 8.22. The van der Waals surface area contributed by atoms with Crippen molar-refractivity contribution >= 4 is 17.6 Å². The van der Waals surface area contributed by atoms with Gasteiger partial charge >= 0.3 is 5.97 Å². The number of hydrogen-bond donors (Lipinski definition) is 1. The van der Waals surface area contributed by atoms with E-state index in [1.807, 2.05) is 67.6 Å². The summed E-state index contributed by atoms with van der Waals surface area (Å²) < 4.78 is 18.4. The number of hydrogen-bond acceptors (Lipinski definition) is 5. The molecule has 6 rings (SSSR count). The molecule has 2 aliphatic heterocycles. The molecule has 0 saturated carbocycles.